The van der Waals surface area contributed by atoms with Crippen LogP contribution in [0.15, 0.2) is 0 Å². The number of hydrogen-bond donors (Lipinski definition) is 0. The fraction of sp³-hybridized carbons (Fsp3) is 0.966. The molecule has 192 valence electrons. The van der Waals surface area contributed by atoms with Crippen LogP contribution in [-0.2, 0) is 14.3 Å². The van der Waals surface area contributed by atoms with Gasteiger partial charge in [-0.3, -0.25) is 4.79 Å². The van der Waals surface area contributed by atoms with Crippen LogP contribution in [0.2, 0.25) is 0 Å². The Bertz CT molecular complexity index is 383. The molecule has 0 amide bonds. The lowest BCUT2D eigenvalue weighted by molar-refractivity contribution is -0.143. The molecule has 3 nitrogen and oxygen atoms in total. The molecule has 0 rings (SSSR count). The summed E-state index contributed by atoms with van der Waals surface area (Å²) in [7, 11) is 0. The van der Waals surface area contributed by atoms with Crippen molar-refractivity contribution < 1.29 is 14.3 Å². The van der Waals surface area contributed by atoms with Crippen LogP contribution in [-0.4, -0.2) is 25.8 Å². The summed E-state index contributed by atoms with van der Waals surface area (Å²) in [5, 5.41) is 0. The first kappa shape index (κ1) is 31.4. The first-order valence-electron chi connectivity index (χ1n) is 14.4. The molecule has 0 heterocycles. The third kappa shape index (κ3) is 21.3. The normalized spacial score (nSPS) is 13.2. The summed E-state index contributed by atoms with van der Waals surface area (Å²) in [6.07, 6.45) is 24.1. The van der Waals surface area contributed by atoms with Gasteiger partial charge in [0.25, 0.3) is 0 Å². The maximum absolute atomic E-state index is 11.4. The molecule has 0 saturated heterocycles. The van der Waals surface area contributed by atoms with Crippen molar-refractivity contribution in [2.45, 2.75) is 150 Å². The molecule has 0 aromatic carbocycles. The predicted octanol–water partition coefficient (Wildman–Crippen LogP) is 9.27. The smallest absolute Gasteiger partial charge is 0.305 e. The molecule has 0 N–H and O–H groups in total. The molecule has 0 fully saturated rings. The van der Waals surface area contributed by atoms with E-state index in [4.69, 9.17) is 9.47 Å². The van der Waals surface area contributed by atoms with Crippen molar-refractivity contribution in [2.24, 2.45) is 11.8 Å². The minimum atomic E-state index is -0.0370. The fourth-order valence-corrected chi connectivity index (χ4v) is 4.47. The number of esters is 1. The molecule has 0 aromatic heterocycles. The third-order valence-corrected chi connectivity index (χ3v) is 6.76. The Hall–Kier alpha value is -0.570. The van der Waals surface area contributed by atoms with E-state index in [0.717, 1.165) is 37.9 Å². The van der Waals surface area contributed by atoms with Crippen LogP contribution in [0.3, 0.4) is 0 Å². The lowest BCUT2D eigenvalue weighted by atomic mass is 9.94. The lowest BCUT2D eigenvalue weighted by Gasteiger charge is -2.20. The molecule has 0 aliphatic heterocycles. The molecule has 0 aliphatic rings. The Morgan fingerprint density at radius 3 is 1.66 bits per heavy atom. The van der Waals surface area contributed by atoms with E-state index >= 15 is 0 Å². The van der Waals surface area contributed by atoms with Crippen LogP contribution in [0.5, 0.6) is 0 Å². The largest absolute Gasteiger partial charge is 0.466 e. The average molecular weight is 455 g/mol. The van der Waals surface area contributed by atoms with Crippen molar-refractivity contribution in [3.63, 3.8) is 0 Å². The monoisotopic (exact) mass is 454 g/mol. The summed E-state index contributed by atoms with van der Waals surface area (Å²) in [6, 6.07) is 0. The van der Waals surface area contributed by atoms with Gasteiger partial charge in [-0.25, -0.2) is 0 Å². The zero-order valence-corrected chi connectivity index (χ0v) is 22.4. The van der Waals surface area contributed by atoms with Gasteiger partial charge in [-0.15, -0.1) is 0 Å². The molecule has 0 saturated carbocycles. The molecular formula is C29H58O3. The first-order chi connectivity index (χ1) is 15.7. The summed E-state index contributed by atoms with van der Waals surface area (Å²) in [6.45, 7) is 11.2. The van der Waals surface area contributed by atoms with Crippen LogP contribution < -0.4 is 0 Å². The third-order valence-electron chi connectivity index (χ3n) is 6.76. The van der Waals surface area contributed by atoms with Gasteiger partial charge >= 0.3 is 5.97 Å². The van der Waals surface area contributed by atoms with E-state index in [2.05, 4.69) is 20.8 Å². The molecule has 3 heteroatoms. The molecule has 0 aliphatic carbocycles. The Labute approximate surface area is 201 Å². The quantitative estimate of drug-likeness (QED) is 0.102. The molecule has 0 aromatic rings. The van der Waals surface area contributed by atoms with Crippen LogP contribution in [0.25, 0.3) is 0 Å². The number of ether oxygens (including phenoxy) is 2. The number of carbonyl (C=O) groups excluding carboxylic acids is 1. The van der Waals surface area contributed by atoms with Gasteiger partial charge in [0.15, 0.2) is 0 Å². The molecule has 32 heavy (non-hydrogen) atoms. The minimum absolute atomic E-state index is 0.0370. The van der Waals surface area contributed by atoms with Gasteiger partial charge in [0, 0.05) is 19.6 Å². The minimum Gasteiger partial charge on any atom is -0.466 e. The average Bonchev–Trinajstić information content (AvgIpc) is 2.79. The van der Waals surface area contributed by atoms with Gasteiger partial charge in [-0.05, 0) is 44.4 Å². The summed E-state index contributed by atoms with van der Waals surface area (Å²) in [4.78, 5) is 11.4. The van der Waals surface area contributed by atoms with Crippen molar-refractivity contribution in [1.82, 2.24) is 0 Å². The van der Waals surface area contributed by atoms with Crippen molar-refractivity contribution >= 4 is 5.97 Å². The second-order valence-corrected chi connectivity index (χ2v) is 9.84. The van der Waals surface area contributed by atoms with Crippen molar-refractivity contribution in [2.75, 3.05) is 19.8 Å². The van der Waals surface area contributed by atoms with E-state index in [-0.39, 0.29) is 5.97 Å². The summed E-state index contributed by atoms with van der Waals surface area (Å²) in [5.41, 5.74) is 0. The highest BCUT2D eigenvalue weighted by molar-refractivity contribution is 5.69. The Morgan fingerprint density at radius 2 is 1.09 bits per heavy atom. The topological polar surface area (TPSA) is 35.5 Å². The van der Waals surface area contributed by atoms with Gasteiger partial charge in [-0.2, -0.15) is 0 Å². The number of unbranched alkanes of at least 4 members (excludes halogenated alkanes) is 11. The van der Waals surface area contributed by atoms with Crippen LogP contribution in [0.1, 0.15) is 150 Å². The summed E-state index contributed by atoms with van der Waals surface area (Å²) in [5.74, 6) is 1.46. The molecule has 2 atom stereocenters. The zero-order valence-electron chi connectivity index (χ0n) is 22.4. The highest BCUT2D eigenvalue weighted by atomic mass is 16.5. The molecule has 0 spiro atoms. The van der Waals surface area contributed by atoms with Gasteiger partial charge in [0.2, 0.25) is 0 Å². The summed E-state index contributed by atoms with van der Waals surface area (Å²) < 4.78 is 11.2. The van der Waals surface area contributed by atoms with Gasteiger partial charge in [0.1, 0.15) is 0 Å². The van der Waals surface area contributed by atoms with Gasteiger partial charge in [0.05, 0.1) is 6.61 Å². The Morgan fingerprint density at radius 1 is 0.594 bits per heavy atom. The fourth-order valence-electron chi connectivity index (χ4n) is 4.47. The van der Waals surface area contributed by atoms with Gasteiger partial charge in [-0.1, -0.05) is 111 Å². The highest BCUT2D eigenvalue weighted by Gasteiger charge is 2.12. The molecule has 2 unspecified atom stereocenters. The van der Waals surface area contributed by atoms with E-state index in [1.165, 1.54) is 103 Å². The van der Waals surface area contributed by atoms with E-state index in [9.17, 15) is 4.79 Å². The maximum atomic E-state index is 11.4. The van der Waals surface area contributed by atoms with Crippen LogP contribution in [0, 0.1) is 11.8 Å². The number of carbonyl (C=O) groups is 1. The Balaban J connectivity index is 4.03. The zero-order chi connectivity index (χ0) is 23.7. The van der Waals surface area contributed by atoms with Gasteiger partial charge < -0.3 is 9.47 Å². The van der Waals surface area contributed by atoms with E-state index in [1.807, 2.05) is 6.92 Å². The molecule has 0 bridgehead atoms. The van der Waals surface area contributed by atoms with Crippen molar-refractivity contribution in [1.29, 1.82) is 0 Å². The van der Waals surface area contributed by atoms with E-state index < -0.39 is 0 Å². The van der Waals surface area contributed by atoms with E-state index in [0.29, 0.717) is 13.0 Å². The van der Waals surface area contributed by atoms with Crippen molar-refractivity contribution in [3.8, 4) is 0 Å². The lowest BCUT2D eigenvalue weighted by Crippen LogP contribution is -2.15. The van der Waals surface area contributed by atoms with Crippen LogP contribution >= 0.6 is 0 Å². The number of hydrogen-bond acceptors (Lipinski definition) is 3. The first-order valence-corrected chi connectivity index (χ1v) is 14.4. The molecular weight excluding hydrogens is 396 g/mol. The second-order valence-electron chi connectivity index (χ2n) is 9.84. The van der Waals surface area contributed by atoms with Crippen LogP contribution in [0.4, 0.5) is 0 Å². The SMILES string of the molecule is CCCCCCCCC(CCCCCCCCC(=O)OCC)COCC(CC)CCCC. The highest BCUT2D eigenvalue weighted by Crippen LogP contribution is 2.21. The van der Waals surface area contributed by atoms with E-state index in [1.54, 1.807) is 0 Å². The van der Waals surface area contributed by atoms with Crippen molar-refractivity contribution in [3.05, 3.63) is 0 Å². The standard InChI is InChI=1S/C29H58O3/c1-5-9-11-12-15-18-22-28(26-31-25-27(7-3)21-10-6-2)23-19-16-13-14-17-20-24-29(30)32-8-4/h27-28H,5-26H2,1-4H3. The predicted molar refractivity (Wildman–Crippen MR) is 139 cm³/mol. The second kappa shape index (κ2) is 25.1. The molecule has 0 radical (unpaired) electrons. The number of rotatable bonds is 25. The summed E-state index contributed by atoms with van der Waals surface area (Å²) >= 11 is 0. The Kier molecular flexibility index (Phi) is 24.6. The maximum Gasteiger partial charge on any atom is 0.305 e.